The van der Waals surface area contributed by atoms with Gasteiger partial charge in [0, 0.05) is 12.8 Å². The van der Waals surface area contributed by atoms with Gasteiger partial charge in [-0.25, -0.2) is 18.0 Å². The van der Waals surface area contributed by atoms with Gasteiger partial charge in [-0.2, -0.15) is 0 Å². The molecular formula is C9H17N3O6S. The summed E-state index contributed by atoms with van der Waals surface area (Å²) in [6, 6.07) is -2.21. The maximum atomic E-state index is 11.3. The van der Waals surface area contributed by atoms with Crippen molar-refractivity contribution in [1.82, 2.24) is 10.6 Å². The first-order valence-electron chi connectivity index (χ1n) is 5.35. The highest BCUT2D eigenvalue weighted by Crippen LogP contribution is 1.92. The second-order valence-corrected chi connectivity index (χ2v) is 6.20. The van der Waals surface area contributed by atoms with Crippen LogP contribution in [0.1, 0.15) is 12.8 Å². The molecule has 19 heavy (non-hydrogen) atoms. The summed E-state index contributed by atoms with van der Waals surface area (Å²) in [6.45, 7) is 0.0712. The first-order valence-corrected chi connectivity index (χ1v) is 7.41. The van der Waals surface area contributed by atoms with Crippen LogP contribution in [0.3, 0.4) is 0 Å². The molecule has 0 spiro atoms. The number of primary amides is 1. The molecule has 0 aliphatic rings. The molecule has 5 N–H and O–H groups in total. The third-order valence-electron chi connectivity index (χ3n) is 1.99. The number of nitrogens with two attached hydrogens (primary N) is 1. The van der Waals surface area contributed by atoms with Gasteiger partial charge in [0.25, 0.3) is 0 Å². The number of hydrogen-bond acceptors (Lipinski definition) is 5. The van der Waals surface area contributed by atoms with Crippen molar-refractivity contribution in [2.45, 2.75) is 18.9 Å². The molecule has 0 bridgehead atoms. The molecule has 0 unspecified atom stereocenters. The number of carbonyl (C=O) groups excluding carboxylic acids is 2. The quantitative estimate of drug-likeness (QED) is 0.381. The first-order chi connectivity index (χ1) is 8.61. The monoisotopic (exact) mass is 295 g/mol. The van der Waals surface area contributed by atoms with Crippen LogP contribution in [-0.2, 0) is 19.4 Å². The van der Waals surface area contributed by atoms with Crippen molar-refractivity contribution in [3.8, 4) is 0 Å². The number of amides is 3. The SMILES string of the molecule is CS(=O)(=O)CCCNC(=O)N[C@H](CC(N)=O)C(=O)O. The molecule has 0 saturated carbocycles. The third kappa shape index (κ3) is 9.83. The number of aliphatic carboxylic acids is 1. The first kappa shape index (κ1) is 17.2. The molecule has 0 aromatic rings. The number of carbonyl (C=O) groups is 3. The van der Waals surface area contributed by atoms with Crippen LogP contribution in [0.15, 0.2) is 0 Å². The maximum Gasteiger partial charge on any atom is 0.326 e. The van der Waals surface area contributed by atoms with Gasteiger partial charge < -0.3 is 21.5 Å². The highest BCUT2D eigenvalue weighted by molar-refractivity contribution is 7.90. The topological polar surface area (TPSA) is 156 Å². The van der Waals surface area contributed by atoms with Crippen LogP contribution in [0.5, 0.6) is 0 Å². The van der Waals surface area contributed by atoms with E-state index in [1.807, 2.05) is 5.32 Å². The number of hydrogen-bond donors (Lipinski definition) is 4. The molecule has 3 amide bonds. The van der Waals surface area contributed by atoms with Gasteiger partial charge in [-0.1, -0.05) is 0 Å². The average Bonchev–Trinajstić information content (AvgIpc) is 2.21. The predicted molar refractivity (Wildman–Crippen MR) is 66.1 cm³/mol. The molecule has 0 aliphatic heterocycles. The molecule has 0 radical (unpaired) electrons. The van der Waals surface area contributed by atoms with E-state index in [4.69, 9.17) is 10.8 Å². The Balaban J connectivity index is 4.07. The summed E-state index contributed by atoms with van der Waals surface area (Å²) in [5, 5.41) is 13.0. The van der Waals surface area contributed by atoms with E-state index < -0.39 is 40.2 Å². The largest absolute Gasteiger partial charge is 0.480 e. The van der Waals surface area contributed by atoms with Crippen LogP contribution in [0.25, 0.3) is 0 Å². The van der Waals surface area contributed by atoms with E-state index in [9.17, 15) is 22.8 Å². The highest BCUT2D eigenvalue weighted by atomic mass is 32.2. The molecule has 10 heteroatoms. The molecular weight excluding hydrogens is 278 g/mol. The summed E-state index contributed by atoms with van der Waals surface area (Å²) in [4.78, 5) is 32.6. The summed E-state index contributed by atoms with van der Waals surface area (Å²) in [7, 11) is -3.10. The number of carboxylic acid groups (broad SMARTS) is 1. The molecule has 0 saturated heterocycles. The van der Waals surface area contributed by atoms with Crippen molar-refractivity contribution >= 4 is 27.7 Å². The zero-order chi connectivity index (χ0) is 15.1. The molecule has 0 heterocycles. The highest BCUT2D eigenvalue weighted by Gasteiger charge is 2.21. The van der Waals surface area contributed by atoms with E-state index in [2.05, 4.69) is 5.32 Å². The summed E-state index contributed by atoms with van der Waals surface area (Å²) >= 11 is 0. The smallest absolute Gasteiger partial charge is 0.326 e. The van der Waals surface area contributed by atoms with Gasteiger partial charge in [-0.3, -0.25) is 4.79 Å². The van der Waals surface area contributed by atoms with Crippen molar-refractivity contribution in [3.63, 3.8) is 0 Å². The summed E-state index contributed by atoms with van der Waals surface area (Å²) in [6.07, 6.45) is 0.756. The van der Waals surface area contributed by atoms with E-state index in [0.717, 1.165) is 6.26 Å². The minimum atomic E-state index is -3.10. The van der Waals surface area contributed by atoms with Crippen LogP contribution in [0.2, 0.25) is 0 Å². The molecule has 0 rings (SSSR count). The molecule has 0 aromatic heterocycles. The van der Waals surface area contributed by atoms with Crippen LogP contribution in [-0.4, -0.2) is 56.0 Å². The van der Waals surface area contributed by atoms with E-state index in [1.165, 1.54) is 0 Å². The lowest BCUT2D eigenvalue weighted by Crippen LogP contribution is -2.47. The predicted octanol–water partition coefficient (Wildman–Crippen LogP) is -1.95. The minimum Gasteiger partial charge on any atom is -0.480 e. The fourth-order valence-corrected chi connectivity index (χ4v) is 1.82. The zero-order valence-electron chi connectivity index (χ0n) is 10.4. The lowest BCUT2D eigenvalue weighted by Gasteiger charge is -2.13. The van der Waals surface area contributed by atoms with E-state index in [0.29, 0.717) is 0 Å². The average molecular weight is 295 g/mol. The molecule has 0 fully saturated rings. The van der Waals surface area contributed by atoms with Gasteiger partial charge in [0.15, 0.2) is 0 Å². The number of rotatable bonds is 8. The van der Waals surface area contributed by atoms with E-state index in [1.54, 1.807) is 0 Å². The Morgan fingerprint density at radius 1 is 1.32 bits per heavy atom. The standard InChI is InChI=1S/C9H17N3O6S/c1-19(17,18)4-2-3-11-9(16)12-6(8(14)15)5-7(10)13/h6H,2-5H2,1H3,(H2,10,13)(H,14,15)(H2,11,12,16)/t6-/m1/s1. The lowest BCUT2D eigenvalue weighted by atomic mass is 10.2. The second kappa shape index (κ2) is 7.56. The van der Waals surface area contributed by atoms with Crippen molar-refractivity contribution in [2.24, 2.45) is 5.73 Å². The minimum absolute atomic E-state index is 0.0712. The number of sulfone groups is 1. The van der Waals surface area contributed by atoms with Gasteiger partial charge in [0.1, 0.15) is 15.9 Å². The third-order valence-corrected chi connectivity index (χ3v) is 3.02. The Hall–Kier alpha value is -1.84. The molecule has 0 aromatic carbocycles. The van der Waals surface area contributed by atoms with Crippen LogP contribution in [0.4, 0.5) is 4.79 Å². The van der Waals surface area contributed by atoms with Gasteiger partial charge in [-0.05, 0) is 6.42 Å². The Morgan fingerprint density at radius 2 is 1.89 bits per heavy atom. The number of urea groups is 1. The second-order valence-electron chi connectivity index (χ2n) is 3.94. The van der Waals surface area contributed by atoms with Gasteiger partial charge in [0.05, 0.1) is 12.2 Å². The Bertz CT molecular complexity index is 447. The molecule has 0 aliphatic carbocycles. The van der Waals surface area contributed by atoms with E-state index >= 15 is 0 Å². The van der Waals surface area contributed by atoms with Crippen LogP contribution in [0, 0.1) is 0 Å². The molecule has 110 valence electrons. The lowest BCUT2D eigenvalue weighted by molar-refractivity contribution is -0.140. The normalized spacial score (nSPS) is 12.5. The summed E-state index contributed by atoms with van der Waals surface area (Å²) in [5.41, 5.74) is 4.84. The van der Waals surface area contributed by atoms with Crippen molar-refractivity contribution < 1.29 is 27.9 Å². The van der Waals surface area contributed by atoms with Crippen molar-refractivity contribution in [2.75, 3.05) is 18.6 Å². The fourth-order valence-electron chi connectivity index (χ4n) is 1.15. The van der Waals surface area contributed by atoms with E-state index in [-0.39, 0.29) is 18.7 Å². The van der Waals surface area contributed by atoms with Gasteiger partial charge in [-0.15, -0.1) is 0 Å². The van der Waals surface area contributed by atoms with Gasteiger partial charge >= 0.3 is 12.0 Å². The Kier molecular flexibility index (Phi) is 6.83. The Labute approximate surface area is 110 Å². The summed E-state index contributed by atoms with van der Waals surface area (Å²) < 4.78 is 21.6. The van der Waals surface area contributed by atoms with Gasteiger partial charge in [0.2, 0.25) is 5.91 Å². The molecule has 9 nitrogen and oxygen atoms in total. The summed E-state index contributed by atoms with van der Waals surface area (Å²) in [5.74, 6) is -2.33. The van der Waals surface area contributed by atoms with Crippen LogP contribution >= 0.6 is 0 Å². The maximum absolute atomic E-state index is 11.3. The van der Waals surface area contributed by atoms with Crippen molar-refractivity contribution in [3.05, 3.63) is 0 Å². The fraction of sp³-hybridized carbons (Fsp3) is 0.667. The van der Waals surface area contributed by atoms with Crippen LogP contribution < -0.4 is 16.4 Å². The van der Waals surface area contributed by atoms with Crippen molar-refractivity contribution in [1.29, 1.82) is 0 Å². The molecule has 1 atom stereocenters. The number of carboxylic acids is 1. The number of nitrogens with one attached hydrogen (secondary N) is 2. The zero-order valence-corrected chi connectivity index (χ0v) is 11.2. The Morgan fingerprint density at radius 3 is 2.32 bits per heavy atom.